The Hall–Kier alpha value is -2.52. The van der Waals surface area contributed by atoms with E-state index in [0.717, 1.165) is 29.0 Å². The molecular weight excluding hydrogens is 436 g/mol. The number of pyridine rings is 1. The highest BCUT2D eigenvalue weighted by atomic mass is 35.5. The van der Waals surface area contributed by atoms with Gasteiger partial charge in [-0.3, -0.25) is 14.6 Å². The van der Waals surface area contributed by atoms with Crippen LogP contribution in [0, 0.1) is 24.7 Å². The minimum Gasteiger partial charge on any atom is -0.476 e. The Bertz CT molecular complexity index is 1080. The van der Waals surface area contributed by atoms with Crippen molar-refractivity contribution in [2.45, 2.75) is 37.5 Å². The van der Waals surface area contributed by atoms with Crippen LogP contribution in [-0.2, 0) is 0 Å². The van der Waals surface area contributed by atoms with E-state index in [1.54, 1.807) is 29.2 Å². The van der Waals surface area contributed by atoms with Crippen molar-refractivity contribution in [2.24, 2.45) is 17.8 Å². The van der Waals surface area contributed by atoms with Crippen molar-refractivity contribution in [2.75, 3.05) is 6.61 Å². The number of aromatic nitrogens is 5. The Morgan fingerprint density at radius 1 is 1.32 bits per heavy atom. The molecule has 3 heterocycles. The number of hydrogen-bond donors (Lipinski definition) is 2. The van der Waals surface area contributed by atoms with E-state index in [0.29, 0.717) is 23.2 Å². The first-order chi connectivity index (χ1) is 15.1. The third-order valence-corrected chi connectivity index (χ3v) is 7.00. The van der Waals surface area contributed by atoms with Crippen molar-refractivity contribution in [3.63, 3.8) is 0 Å². The Morgan fingerprint density at radius 2 is 2.10 bits per heavy atom. The molecule has 5 rings (SSSR count). The van der Waals surface area contributed by atoms with Crippen LogP contribution < -0.4 is 9.46 Å². The van der Waals surface area contributed by atoms with E-state index in [1.807, 2.05) is 13.0 Å². The fourth-order valence-electron chi connectivity index (χ4n) is 3.72. The summed E-state index contributed by atoms with van der Waals surface area (Å²) < 4.78 is 10.3. The van der Waals surface area contributed by atoms with Gasteiger partial charge in [0.25, 0.3) is 5.91 Å². The lowest BCUT2D eigenvalue weighted by atomic mass is 9.99. The van der Waals surface area contributed by atoms with Gasteiger partial charge in [-0.2, -0.15) is 5.10 Å². The van der Waals surface area contributed by atoms with Gasteiger partial charge in [-0.05, 0) is 74.4 Å². The molecule has 2 saturated carbocycles. The van der Waals surface area contributed by atoms with Crippen LogP contribution in [0.2, 0.25) is 5.15 Å². The first-order valence-corrected chi connectivity index (χ1v) is 11.6. The Kier molecular flexibility index (Phi) is 5.62. The predicted molar refractivity (Wildman–Crippen MR) is 117 cm³/mol. The number of nitrogens with zero attached hydrogens (tertiary/aromatic N) is 4. The largest absolute Gasteiger partial charge is 0.476 e. The average molecular weight is 459 g/mol. The summed E-state index contributed by atoms with van der Waals surface area (Å²) in [6.07, 6.45) is 8.78. The molecule has 0 aliphatic heterocycles. The maximum atomic E-state index is 12.5. The zero-order chi connectivity index (χ0) is 21.4. The summed E-state index contributed by atoms with van der Waals surface area (Å²) in [5.41, 5.74) is 1.17. The molecule has 2 N–H and O–H groups in total. The zero-order valence-corrected chi connectivity index (χ0v) is 18.6. The smallest absolute Gasteiger partial charge is 0.264 e. The lowest BCUT2D eigenvalue weighted by molar-refractivity contribution is 0.0984. The quantitative estimate of drug-likeness (QED) is 0.368. The average Bonchev–Trinajstić information content (AvgIpc) is 3.69. The van der Waals surface area contributed by atoms with Gasteiger partial charge in [0.1, 0.15) is 5.15 Å². The van der Waals surface area contributed by atoms with Crippen LogP contribution in [0.15, 0.2) is 35.5 Å². The first-order valence-electron chi connectivity index (χ1n) is 10.4. The Balaban J connectivity index is 1.21. The van der Waals surface area contributed by atoms with Crippen molar-refractivity contribution in [3.8, 4) is 11.7 Å². The molecule has 2 aliphatic rings. The molecule has 0 atom stereocenters. The van der Waals surface area contributed by atoms with Crippen LogP contribution in [0.5, 0.6) is 5.88 Å². The SMILES string of the molecule is Cc1[nH]ncc1SNC(=O)c1ccc(-n2ccc(OCC(C3CC3)C3CC3)n2)nc1Cl. The standard InChI is InChI=1S/C21H23ClN6O2S/c1-12-17(10-23-25-12)31-27-21(29)15-6-7-18(24-20(15)22)28-9-8-19(26-28)30-11-16(13-2-3-13)14-4-5-14/h6-10,13-14,16H,2-5,11H2,1H3,(H,23,25)(H,27,29). The van der Waals surface area contributed by atoms with E-state index in [4.69, 9.17) is 16.3 Å². The number of H-pyrrole nitrogens is 1. The van der Waals surface area contributed by atoms with E-state index in [9.17, 15) is 4.79 Å². The summed E-state index contributed by atoms with van der Waals surface area (Å²) in [7, 11) is 0. The topological polar surface area (TPSA) is 97.7 Å². The molecule has 2 fully saturated rings. The fraction of sp³-hybridized carbons (Fsp3) is 0.429. The highest BCUT2D eigenvalue weighted by Crippen LogP contribution is 2.49. The second-order valence-corrected chi connectivity index (χ2v) is 9.35. The van der Waals surface area contributed by atoms with Crippen LogP contribution in [-0.4, -0.2) is 37.5 Å². The lowest BCUT2D eigenvalue weighted by Crippen LogP contribution is -2.17. The van der Waals surface area contributed by atoms with Gasteiger partial charge in [-0.25, -0.2) is 9.67 Å². The number of aryl methyl sites for hydroxylation is 1. The molecule has 31 heavy (non-hydrogen) atoms. The van der Waals surface area contributed by atoms with Gasteiger partial charge in [-0.15, -0.1) is 5.10 Å². The molecule has 0 spiro atoms. The lowest BCUT2D eigenvalue weighted by Gasteiger charge is -2.14. The van der Waals surface area contributed by atoms with E-state index in [-0.39, 0.29) is 11.1 Å². The van der Waals surface area contributed by atoms with Gasteiger partial charge in [0.05, 0.1) is 23.3 Å². The molecule has 3 aromatic rings. The maximum absolute atomic E-state index is 12.5. The number of ether oxygens (including phenoxy) is 1. The minimum atomic E-state index is -0.328. The summed E-state index contributed by atoms with van der Waals surface area (Å²) in [5, 5.41) is 11.3. The zero-order valence-electron chi connectivity index (χ0n) is 17.0. The van der Waals surface area contributed by atoms with E-state index in [2.05, 4.69) is 25.0 Å². The van der Waals surface area contributed by atoms with Crippen molar-refractivity contribution in [3.05, 3.63) is 47.0 Å². The van der Waals surface area contributed by atoms with Gasteiger partial charge in [0.2, 0.25) is 5.88 Å². The van der Waals surface area contributed by atoms with Crippen LogP contribution >= 0.6 is 23.5 Å². The van der Waals surface area contributed by atoms with Crippen LogP contribution in [0.1, 0.15) is 41.7 Å². The third-order valence-electron chi connectivity index (χ3n) is 5.79. The van der Waals surface area contributed by atoms with Gasteiger partial charge >= 0.3 is 0 Å². The second-order valence-electron chi connectivity index (χ2n) is 8.15. The summed E-state index contributed by atoms with van der Waals surface area (Å²) in [4.78, 5) is 17.6. The molecule has 0 bridgehead atoms. The van der Waals surface area contributed by atoms with Gasteiger partial charge in [0, 0.05) is 18.0 Å². The van der Waals surface area contributed by atoms with E-state index < -0.39 is 0 Å². The second kappa shape index (κ2) is 8.55. The predicted octanol–water partition coefficient (Wildman–Crippen LogP) is 4.20. The maximum Gasteiger partial charge on any atom is 0.264 e. The van der Waals surface area contributed by atoms with Crippen molar-refractivity contribution in [1.82, 2.24) is 29.7 Å². The number of nitrogens with one attached hydrogen (secondary N) is 2. The highest BCUT2D eigenvalue weighted by molar-refractivity contribution is 7.98. The molecule has 2 aliphatic carbocycles. The number of hydrogen-bond acceptors (Lipinski definition) is 6. The summed E-state index contributed by atoms with van der Waals surface area (Å²) in [5.74, 6) is 3.12. The van der Waals surface area contributed by atoms with Crippen LogP contribution in [0.25, 0.3) is 5.82 Å². The van der Waals surface area contributed by atoms with Crippen LogP contribution in [0.4, 0.5) is 0 Å². The number of rotatable bonds is 9. The molecule has 8 nitrogen and oxygen atoms in total. The number of aromatic amines is 1. The molecule has 0 aromatic carbocycles. The molecule has 162 valence electrons. The fourth-order valence-corrected chi connectivity index (χ4v) is 4.57. The summed E-state index contributed by atoms with van der Waals surface area (Å²) >= 11 is 7.46. The van der Waals surface area contributed by atoms with Gasteiger partial charge in [-0.1, -0.05) is 11.6 Å². The van der Waals surface area contributed by atoms with Crippen molar-refractivity contribution < 1.29 is 9.53 Å². The van der Waals surface area contributed by atoms with Crippen molar-refractivity contribution in [1.29, 1.82) is 0 Å². The Labute approximate surface area is 189 Å². The molecule has 10 heteroatoms. The summed E-state index contributed by atoms with van der Waals surface area (Å²) in [6.45, 7) is 2.61. The molecule has 3 aromatic heterocycles. The number of halogens is 1. The summed E-state index contributed by atoms with van der Waals surface area (Å²) in [6, 6.07) is 5.18. The molecule has 1 amide bonds. The number of amides is 1. The normalized spacial score (nSPS) is 16.0. The highest BCUT2D eigenvalue weighted by Gasteiger charge is 2.41. The van der Waals surface area contributed by atoms with Gasteiger partial charge < -0.3 is 4.74 Å². The molecule has 0 saturated heterocycles. The van der Waals surface area contributed by atoms with E-state index >= 15 is 0 Å². The van der Waals surface area contributed by atoms with E-state index in [1.165, 1.54) is 37.6 Å². The third kappa shape index (κ3) is 4.72. The minimum absolute atomic E-state index is 0.111. The van der Waals surface area contributed by atoms with Gasteiger partial charge in [0.15, 0.2) is 5.82 Å². The number of carbonyl (C=O) groups excluding carboxylic acids is 1. The molecule has 0 unspecified atom stereocenters. The Morgan fingerprint density at radius 3 is 2.74 bits per heavy atom. The molecule has 0 radical (unpaired) electrons. The first kappa shape index (κ1) is 20.4. The number of carbonyl (C=O) groups is 1. The van der Waals surface area contributed by atoms with Crippen molar-refractivity contribution >= 4 is 29.5 Å². The molecular formula is C21H23ClN6O2S. The monoisotopic (exact) mass is 458 g/mol. The van der Waals surface area contributed by atoms with Crippen LogP contribution in [0.3, 0.4) is 0 Å².